The molecule has 7 heteroatoms. The zero-order valence-corrected chi connectivity index (χ0v) is 15.3. The van der Waals surface area contributed by atoms with Gasteiger partial charge in [0.1, 0.15) is 0 Å². The highest BCUT2D eigenvalue weighted by atomic mass is 32.2. The molecule has 134 valence electrons. The minimum Gasteiger partial charge on any atom is -0.355 e. The van der Waals surface area contributed by atoms with E-state index in [0.29, 0.717) is 0 Å². The molecule has 1 aliphatic heterocycles. The molecule has 0 aliphatic carbocycles. The maximum atomic E-state index is 12.4. The topological polar surface area (TPSA) is 75.2 Å². The molecule has 25 heavy (non-hydrogen) atoms. The Balaban J connectivity index is 1.71. The van der Waals surface area contributed by atoms with Crippen LogP contribution in [0, 0.1) is 0 Å². The molecule has 0 bridgehead atoms. The second-order valence-corrected chi connectivity index (χ2v) is 7.96. The predicted octanol–water partition coefficient (Wildman–Crippen LogP) is 3.22. The molecule has 1 N–H and O–H groups in total. The first-order valence-corrected chi connectivity index (χ1v) is 10.3. The molecule has 6 nitrogen and oxygen atoms in total. The van der Waals surface area contributed by atoms with Gasteiger partial charge >= 0.3 is 0 Å². The highest BCUT2D eigenvalue weighted by Crippen LogP contribution is 2.19. The van der Waals surface area contributed by atoms with E-state index < -0.39 is 10.0 Å². The van der Waals surface area contributed by atoms with E-state index in [1.807, 2.05) is 25.1 Å². The lowest BCUT2D eigenvalue weighted by Crippen LogP contribution is -2.25. The van der Waals surface area contributed by atoms with Crippen molar-refractivity contribution in [1.82, 2.24) is 10.2 Å². The number of rotatable bonds is 5. The Hall–Kier alpha value is -2.15. The number of nitrogens with one attached hydrogen (secondary N) is 1. The number of nitrogens with zero attached hydrogens (tertiary/aromatic N) is 3. The smallest absolute Gasteiger partial charge is 0.263 e. The molecular weight excluding hydrogens is 336 g/mol. The van der Waals surface area contributed by atoms with Gasteiger partial charge in [-0.1, -0.05) is 31.9 Å². The quantitative estimate of drug-likeness (QED) is 0.886. The lowest BCUT2D eigenvalue weighted by atomic mass is 10.2. The lowest BCUT2D eigenvalue weighted by Gasteiger charge is -2.20. The molecule has 1 aromatic carbocycles. The minimum atomic E-state index is -3.65. The Morgan fingerprint density at radius 1 is 0.960 bits per heavy atom. The molecule has 0 amide bonds. The molecule has 0 spiro atoms. The summed E-state index contributed by atoms with van der Waals surface area (Å²) in [7, 11) is -3.65. The molecular formula is C18H24N4O2S. The number of hydrogen-bond acceptors (Lipinski definition) is 5. The summed E-state index contributed by atoms with van der Waals surface area (Å²) in [4.78, 5) is 2.44. The van der Waals surface area contributed by atoms with Gasteiger partial charge in [0.25, 0.3) is 10.0 Å². The van der Waals surface area contributed by atoms with Crippen molar-refractivity contribution in [1.29, 1.82) is 0 Å². The monoisotopic (exact) mass is 360 g/mol. The van der Waals surface area contributed by atoms with Crippen molar-refractivity contribution >= 4 is 21.7 Å². The van der Waals surface area contributed by atoms with Crippen molar-refractivity contribution in [2.45, 2.75) is 43.9 Å². The van der Waals surface area contributed by atoms with Gasteiger partial charge in [0.05, 0.1) is 4.90 Å². The van der Waals surface area contributed by atoms with Crippen LogP contribution in [-0.4, -0.2) is 31.7 Å². The van der Waals surface area contributed by atoms with Crippen molar-refractivity contribution in [3.63, 3.8) is 0 Å². The highest BCUT2D eigenvalue weighted by molar-refractivity contribution is 7.92. The third kappa shape index (κ3) is 4.48. The largest absolute Gasteiger partial charge is 0.355 e. The van der Waals surface area contributed by atoms with Gasteiger partial charge in [-0.25, -0.2) is 8.42 Å². The number of anilines is 2. The minimum absolute atomic E-state index is 0.225. The van der Waals surface area contributed by atoms with Crippen LogP contribution in [0.4, 0.5) is 11.6 Å². The molecule has 2 aromatic rings. The molecule has 1 fully saturated rings. The first-order valence-electron chi connectivity index (χ1n) is 8.79. The van der Waals surface area contributed by atoms with Crippen molar-refractivity contribution in [2.24, 2.45) is 0 Å². The predicted molar refractivity (Wildman–Crippen MR) is 99.3 cm³/mol. The van der Waals surface area contributed by atoms with E-state index in [2.05, 4.69) is 19.8 Å². The number of hydrogen-bond donors (Lipinski definition) is 1. The van der Waals surface area contributed by atoms with Crippen LogP contribution in [0.25, 0.3) is 0 Å². The van der Waals surface area contributed by atoms with E-state index in [0.717, 1.165) is 43.7 Å². The third-order valence-corrected chi connectivity index (χ3v) is 5.83. The normalized spacial score (nSPS) is 15.6. The molecule has 1 aliphatic rings. The first kappa shape index (κ1) is 17.7. The molecule has 2 heterocycles. The SMILES string of the molecule is CCc1ccc(S(=O)(=O)Nc2ccc(N3CCCCCC3)nn2)cc1. The molecule has 0 unspecified atom stereocenters. The molecule has 0 saturated carbocycles. The Kier molecular flexibility index (Phi) is 5.53. The van der Waals surface area contributed by atoms with Gasteiger partial charge in [0.15, 0.2) is 11.6 Å². The molecule has 1 aromatic heterocycles. The Bertz CT molecular complexity index is 781. The van der Waals surface area contributed by atoms with Crippen molar-refractivity contribution in [3.8, 4) is 0 Å². The molecule has 0 atom stereocenters. The summed E-state index contributed by atoms with van der Waals surface area (Å²) in [6.07, 6.45) is 5.68. The fourth-order valence-corrected chi connectivity index (χ4v) is 3.95. The highest BCUT2D eigenvalue weighted by Gasteiger charge is 2.16. The van der Waals surface area contributed by atoms with Crippen LogP contribution in [0.15, 0.2) is 41.3 Å². The van der Waals surface area contributed by atoms with E-state index in [9.17, 15) is 8.42 Å². The van der Waals surface area contributed by atoms with E-state index in [-0.39, 0.29) is 10.7 Å². The van der Waals surface area contributed by atoms with Gasteiger partial charge in [0, 0.05) is 13.1 Å². The number of sulfonamides is 1. The van der Waals surface area contributed by atoms with E-state index in [1.54, 1.807) is 18.2 Å². The van der Waals surface area contributed by atoms with Crippen LogP contribution in [0.1, 0.15) is 38.2 Å². The van der Waals surface area contributed by atoms with Crippen LogP contribution >= 0.6 is 0 Å². The fraction of sp³-hybridized carbons (Fsp3) is 0.444. The summed E-state index contributed by atoms with van der Waals surface area (Å²) < 4.78 is 27.4. The average molecular weight is 360 g/mol. The van der Waals surface area contributed by atoms with Crippen LogP contribution in [0.3, 0.4) is 0 Å². The van der Waals surface area contributed by atoms with Gasteiger partial charge in [-0.05, 0) is 49.1 Å². The number of benzene rings is 1. The van der Waals surface area contributed by atoms with Gasteiger partial charge in [0.2, 0.25) is 0 Å². The molecule has 1 saturated heterocycles. The van der Waals surface area contributed by atoms with Gasteiger partial charge < -0.3 is 4.90 Å². The standard InChI is InChI=1S/C18H24N4O2S/c1-2-15-7-9-16(10-8-15)25(23,24)21-17-11-12-18(20-19-17)22-13-5-3-4-6-14-22/h7-12H,2-6,13-14H2,1H3,(H,19,21). The van der Waals surface area contributed by atoms with Gasteiger partial charge in [-0.2, -0.15) is 0 Å². The van der Waals surface area contributed by atoms with E-state index >= 15 is 0 Å². The summed E-state index contributed by atoms with van der Waals surface area (Å²) in [5.41, 5.74) is 1.10. The van der Waals surface area contributed by atoms with Crippen molar-refractivity contribution in [3.05, 3.63) is 42.0 Å². The van der Waals surface area contributed by atoms with Gasteiger partial charge in [-0.3, -0.25) is 4.72 Å². The summed E-state index contributed by atoms with van der Waals surface area (Å²) >= 11 is 0. The Morgan fingerprint density at radius 2 is 1.64 bits per heavy atom. The number of aryl methyl sites for hydroxylation is 1. The van der Waals surface area contributed by atoms with Crippen LogP contribution in [0.2, 0.25) is 0 Å². The van der Waals surface area contributed by atoms with Crippen molar-refractivity contribution in [2.75, 3.05) is 22.7 Å². The Morgan fingerprint density at radius 3 is 2.20 bits per heavy atom. The second-order valence-electron chi connectivity index (χ2n) is 6.28. The summed E-state index contributed by atoms with van der Waals surface area (Å²) in [5, 5.41) is 8.25. The van der Waals surface area contributed by atoms with Crippen LogP contribution in [0.5, 0.6) is 0 Å². The molecule has 0 radical (unpaired) electrons. The summed E-state index contributed by atoms with van der Waals surface area (Å²) in [6.45, 7) is 3.98. The number of aromatic nitrogens is 2. The maximum Gasteiger partial charge on any atom is 0.263 e. The van der Waals surface area contributed by atoms with Crippen molar-refractivity contribution < 1.29 is 8.42 Å². The second kappa shape index (κ2) is 7.82. The Labute approximate surface area is 149 Å². The maximum absolute atomic E-state index is 12.4. The zero-order chi connectivity index (χ0) is 17.7. The van der Waals surface area contributed by atoms with Crippen LogP contribution in [-0.2, 0) is 16.4 Å². The lowest BCUT2D eigenvalue weighted by molar-refractivity contribution is 0.601. The average Bonchev–Trinajstić information content (AvgIpc) is 2.91. The summed E-state index contributed by atoms with van der Waals surface area (Å²) in [6, 6.07) is 10.4. The first-order chi connectivity index (χ1) is 12.1. The van der Waals surface area contributed by atoms with Gasteiger partial charge in [-0.15, -0.1) is 10.2 Å². The zero-order valence-electron chi connectivity index (χ0n) is 14.5. The summed E-state index contributed by atoms with van der Waals surface area (Å²) in [5.74, 6) is 1.04. The fourth-order valence-electron chi connectivity index (χ4n) is 2.95. The molecule has 3 rings (SSSR count). The van der Waals surface area contributed by atoms with E-state index in [4.69, 9.17) is 0 Å². The van der Waals surface area contributed by atoms with E-state index in [1.165, 1.54) is 12.8 Å². The van der Waals surface area contributed by atoms with Crippen LogP contribution < -0.4 is 9.62 Å². The third-order valence-electron chi connectivity index (χ3n) is 4.46.